The van der Waals surface area contributed by atoms with E-state index >= 15 is 0 Å². The number of hydrogen-bond acceptors (Lipinski definition) is 3. The first-order valence-electron chi connectivity index (χ1n) is 4.23. The maximum atomic E-state index is 10.3. The molecule has 0 aliphatic rings. The second-order valence-corrected chi connectivity index (χ2v) is 3.30. The summed E-state index contributed by atoms with van der Waals surface area (Å²) >= 11 is 0. The summed E-state index contributed by atoms with van der Waals surface area (Å²) in [6.07, 6.45) is 0.00194. The van der Waals surface area contributed by atoms with Gasteiger partial charge in [0.25, 0.3) is 0 Å². The fraction of sp³-hybridized carbons (Fsp3) is 0.556. The van der Waals surface area contributed by atoms with Crippen LogP contribution in [0.3, 0.4) is 0 Å². The zero-order valence-corrected chi connectivity index (χ0v) is 8.07. The van der Waals surface area contributed by atoms with Gasteiger partial charge < -0.3 is 9.90 Å². The Balaban J connectivity index is 2.81. The first-order chi connectivity index (χ1) is 6.00. The standard InChI is InChI=1S/C9H14N2O2/c1-6-4-7(2)11(10-6)8(3)5-9(12)13/h4,8H,5H2,1-3H3,(H,12,13)/p-1/t8-/m1/s1. The van der Waals surface area contributed by atoms with E-state index < -0.39 is 5.97 Å². The van der Waals surface area contributed by atoms with Crippen LogP contribution < -0.4 is 5.11 Å². The predicted molar refractivity (Wildman–Crippen MR) is 46.0 cm³/mol. The number of rotatable bonds is 3. The molecule has 0 N–H and O–H groups in total. The molecule has 0 amide bonds. The van der Waals surface area contributed by atoms with Crippen LogP contribution in [0.2, 0.25) is 0 Å². The van der Waals surface area contributed by atoms with Crippen molar-refractivity contribution in [3.05, 3.63) is 17.5 Å². The Bertz CT molecular complexity index is 317. The smallest absolute Gasteiger partial charge is 0.0596 e. The van der Waals surface area contributed by atoms with Crippen LogP contribution >= 0.6 is 0 Å². The van der Waals surface area contributed by atoms with E-state index in [4.69, 9.17) is 0 Å². The third-order valence-electron chi connectivity index (χ3n) is 1.92. The zero-order chi connectivity index (χ0) is 10.0. The molecule has 4 nitrogen and oxygen atoms in total. The zero-order valence-electron chi connectivity index (χ0n) is 8.07. The van der Waals surface area contributed by atoms with Crippen LogP contribution in [-0.4, -0.2) is 15.7 Å². The van der Waals surface area contributed by atoms with E-state index in [1.807, 2.05) is 26.8 Å². The Hall–Kier alpha value is -1.32. The van der Waals surface area contributed by atoms with E-state index in [0.29, 0.717) is 0 Å². The van der Waals surface area contributed by atoms with Gasteiger partial charge in [0.1, 0.15) is 0 Å². The predicted octanol–water partition coefficient (Wildman–Crippen LogP) is 0.201. The van der Waals surface area contributed by atoms with Gasteiger partial charge in [-0.15, -0.1) is 0 Å². The van der Waals surface area contributed by atoms with Gasteiger partial charge >= 0.3 is 0 Å². The third kappa shape index (κ3) is 2.31. The van der Waals surface area contributed by atoms with Crippen molar-refractivity contribution in [1.29, 1.82) is 0 Å². The summed E-state index contributed by atoms with van der Waals surface area (Å²) < 4.78 is 1.71. The van der Waals surface area contributed by atoms with Gasteiger partial charge in [0.15, 0.2) is 0 Å². The number of aromatic nitrogens is 2. The summed E-state index contributed by atoms with van der Waals surface area (Å²) in [6.45, 7) is 5.61. The molecule has 4 heteroatoms. The van der Waals surface area contributed by atoms with Gasteiger partial charge in [-0.3, -0.25) is 4.68 Å². The molecule has 1 atom stereocenters. The number of aryl methyl sites for hydroxylation is 2. The topological polar surface area (TPSA) is 58.0 Å². The van der Waals surface area contributed by atoms with Crippen molar-refractivity contribution in [1.82, 2.24) is 9.78 Å². The molecule has 0 radical (unpaired) electrons. The van der Waals surface area contributed by atoms with E-state index in [1.54, 1.807) is 4.68 Å². The molecule has 13 heavy (non-hydrogen) atoms. The summed E-state index contributed by atoms with van der Waals surface area (Å²) in [5.41, 5.74) is 1.88. The van der Waals surface area contributed by atoms with Gasteiger partial charge in [-0.2, -0.15) is 5.10 Å². The van der Waals surface area contributed by atoms with Crippen LogP contribution in [0, 0.1) is 13.8 Å². The van der Waals surface area contributed by atoms with Gasteiger partial charge in [0.05, 0.1) is 11.7 Å². The highest BCUT2D eigenvalue weighted by atomic mass is 16.4. The Morgan fingerprint density at radius 3 is 2.69 bits per heavy atom. The highest BCUT2D eigenvalue weighted by molar-refractivity contribution is 5.64. The second-order valence-electron chi connectivity index (χ2n) is 3.30. The Morgan fingerprint density at radius 1 is 1.69 bits per heavy atom. The molecule has 1 aromatic heterocycles. The molecule has 0 aliphatic heterocycles. The SMILES string of the molecule is Cc1cc(C)n([C@H](C)CC(=O)[O-])n1. The highest BCUT2D eigenvalue weighted by Gasteiger charge is 2.08. The van der Waals surface area contributed by atoms with Gasteiger partial charge in [-0.25, -0.2) is 0 Å². The number of aliphatic carboxylic acids is 1. The van der Waals surface area contributed by atoms with Crippen molar-refractivity contribution in [2.75, 3.05) is 0 Å². The van der Waals surface area contributed by atoms with Crippen molar-refractivity contribution in [2.45, 2.75) is 33.2 Å². The number of carboxylic acid groups (broad SMARTS) is 1. The molecule has 0 aliphatic carbocycles. The van der Waals surface area contributed by atoms with Crippen molar-refractivity contribution in [3.63, 3.8) is 0 Å². The normalized spacial score (nSPS) is 12.8. The summed E-state index contributed by atoms with van der Waals surface area (Å²) in [5, 5.41) is 14.5. The number of carboxylic acids is 1. The van der Waals surface area contributed by atoms with E-state index in [-0.39, 0.29) is 12.5 Å². The van der Waals surface area contributed by atoms with Crippen LogP contribution in [0.1, 0.15) is 30.8 Å². The summed E-state index contributed by atoms with van der Waals surface area (Å²) in [7, 11) is 0. The molecule has 0 unspecified atom stereocenters. The number of carbonyl (C=O) groups is 1. The lowest BCUT2D eigenvalue weighted by Crippen LogP contribution is -2.26. The molecule has 0 saturated heterocycles. The molecule has 72 valence electrons. The Labute approximate surface area is 77.2 Å². The van der Waals surface area contributed by atoms with Crippen LogP contribution in [-0.2, 0) is 4.79 Å². The van der Waals surface area contributed by atoms with E-state index in [0.717, 1.165) is 11.4 Å². The molecule has 1 heterocycles. The number of hydrogen-bond donors (Lipinski definition) is 0. The molecular weight excluding hydrogens is 168 g/mol. The van der Waals surface area contributed by atoms with Crippen LogP contribution in [0.5, 0.6) is 0 Å². The molecular formula is C9H13N2O2-. The van der Waals surface area contributed by atoms with Crippen molar-refractivity contribution >= 4 is 5.97 Å². The molecule has 0 bridgehead atoms. The largest absolute Gasteiger partial charge is 0.550 e. The van der Waals surface area contributed by atoms with Gasteiger partial charge in [-0.1, -0.05) is 0 Å². The first kappa shape index (κ1) is 9.77. The van der Waals surface area contributed by atoms with E-state index in [1.165, 1.54) is 0 Å². The highest BCUT2D eigenvalue weighted by Crippen LogP contribution is 2.13. The molecule has 1 rings (SSSR count). The minimum atomic E-state index is -1.04. The average Bonchev–Trinajstić information content (AvgIpc) is 2.28. The van der Waals surface area contributed by atoms with E-state index in [2.05, 4.69) is 5.10 Å². The van der Waals surface area contributed by atoms with E-state index in [9.17, 15) is 9.90 Å². The monoisotopic (exact) mass is 181 g/mol. The van der Waals surface area contributed by atoms with Crippen molar-refractivity contribution < 1.29 is 9.90 Å². The lowest BCUT2D eigenvalue weighted by molar-refractivity contribution is -0.306. The minimum absolute atomic E-state index is 0.00194. The maximum absolute atomic E-state index is 10.3. The van der Waals surface area contributed by atoms with Crippen molar-refractivity contribution in [2.24, 2.45) is 0 Å². The van der Waals surface area contributed by atoms with Crippen LogP contribution in [0.15, 0.2) is 6.07 Å². The first-order valence-corrected chi connectivity index (χ1v) is 4.23. The molecule has 0 spiro atoms. The molecule has 0 fully saturated rings. The summed E-state index contributed by atoms with van der Waals surface area (Å²) in [5.74, 6) is -1.04. The lowest BCUT2D eigenvalue weighted by atomic mass is 10.2. The summed E-state index contributed by atoms with van der Waals surface area (Å²) in [6, 6.07) is 1.78. The lowest BCUT2D eigenvalue weighted by Gasteiger charge is -2.14. The molecule has 0 aromatic carbocycles. The van der Waals surface area contributed by atoms with Gasteiger partial charge in [0.2, 0.25) is 0 Å². The van der Waals surface area contributed by atoms with Crippen LogP contribution in [0.25, 0.3) is 0 Å². The quantitative estimate of drug-likeness (QED) is 0.669. The third-order valence-corrected chi connectivity index (χ3v) is 1.92. The fourth-order valence-corrected chi connectivity index (χ4v) is 1.42. The van der Waals surface area contributed by atoms with Crippen LogP contribution in [0.4, 0.5) is 0 Å². The van der Waals surface area contributed by atoms with Gasteiger partial charge in [0, 0.05) is 18.1 Å². The molecule has 0 saturated carbocycles. The second kappa shape index (κ2) is 3.60. The van der Waals surface area contributed by atoms with Gasteiger partial charge in [-0.05, 0) is 26.8 Å². The summed E-state index contributed by atoms with van der Waals surface area (Å²) in [4.78, 5) is 10.3. The Morgan fingerprint density at radius 2 is 2.31 bits per heavy atom. The van der Waals surface area contributed by atoms with Crippen molar-refractivity contribution in [3.8, 4) is 0 Å². The average molecular weight is 181 g/mol. The number of nitrogens with zero attached hydrogens (tertiary/aromatic N) is 2. The fourth-order valence-electron chi connectivity index (χ4n) is 1.42. The molecule has 1 aromatic rings. The maximum Gasteiger partial charge on any atom is 0.0596 e. The minimum Gasteiger partial charge on any atom is -0.550 e. The number of carbonyl (C=O) groups excluding carboxylic acids is 1. The Kier molecular flexibility index (Phi) is 2.70.